The van der Waals surface area contributed by atoms with Gasteiger partial charge in [0.2, 0.25) is 0 Å². The maximum atomic E-state index is 10.8. The van der Waals surface area contributed by atoms with Gasteiger partial charge in [-0.25, -0.2) is 9.55 Å². The number of nitrogens with zero attached hydrogens (tertiary/aromatic N) is 1. The molecule has 1 aromatic heterocycles. The molecule has 1 aromatic rings. The molecular formula is C5H7N2O5P. The Bertz CT molecular complexity index is 329. The van der Waals surface area contributed by atoms with Crippen molar-refractivity contribution in [3.8, 4) is 0 Å². The highest BCUT2D eigenvalue weighted by atomic mass is 31.2. The van der Waals surface area contributed by atoms with Crippen molar-refractivity contribution in [3.63, 3.8) is 0 Å². The first-order valence-electron chi connectivity index (χ1n) is 3.23. The first kappa shape index (κ1) is 9.91. The van der Waals surface area contributed by atoms with Crippen molar-refractivity contribution in [2.75, 3.05) is 0 Å². The zero-order valence-electron chi connectivity index (χ0n) is 6.38. The van der Waals surface area contributed by atoms with E-state index < -0.39 is 13.8 Å². The summed E-state index contributed by atoms with van der Waals surface area (Å²) < 4.78 is 14.0. The summed E-state index contributed by atoms with van der Waals surface area (Å²) in [6, 6.07) is 0. The van der Waals surface area contributed by atoms with E-state index in [1.54, 1.807) is 0 Å². The molecular weight excluding hydrogens is 199 g/mol. The fourth-order valence-electron chi connectivity index (χ4n) is 0.696. The van der Waals surface area contributed by atoms with Crippen molar-refractivity contribution in [2.45, 2.75) is 6.42 Å². The third-order valence-electron chi connectivity index (χ3n) is 1.09. The molecule has 0 radical (unpaired) electrons. The van der Waals surface area contributed by atoms with Gasteiger partial charge in [0.05, 0.1) is 0 Å². The van der Waals surface area contributed by atoms with Gasteiger partial charge in [-0.2, -0.15) is 0 Å². The van der Waals surface area contributed by atoms with Crippen molar-refractivity contribution in [3.05, 3.63) is 18.2 Å². The number of carbonyl (C=O) groups is 1. The number of rotatable bonds is 3. The van der Waals surface area contributed by atoms with E-state index in [1.165, 1.54) is 12.4 Å². The van der Waals surface area contributed by atoms with Crippen molar-refractivity contribution in [1.29, 1.82) is 0 Å². The molecule has 0 aliphatic heterocycles. The highest BCUT2D eigenvalue weighted by Crippen LogP contribution is 2.35. The summed E-state index contributed by atoms with van der Waals surface area (Å²) in [5.74, 6) is -0.735. The second-order valence-electron chi connectivity index (χ2n) is 2.17. The molecule has 8 heteroatoms. The van der Waals surface area contributed by atoms with Crippen LogP contribution in [0, 0.1) is 0 Å². The highest BCUT2D eigenvalue weighted by molar-refractivity contribution is 7.46. The summed E-state index contributed by atoms with van der Waals surface area (Å²) in [6.45, 7) is 0. The zero-order valence-corrected chi connectivity index (χ0v) is 7.27. The topological polar surface area (TPSA) is 113 Å². The molecule has 0 saturated heterocycles. The normalized spacial score (nSPS) is 11.2. The Morgan fingerprint density at radius 3 is 2.85 bits per heavy atom. The molecule has 3 N–H and O–H groups in total. The summed E-state index contributed by atoms with van der Waals surface area (Å²) in [6.07, 6.45) is 2.61. The third kappa shape index (κ3) is 3.84. The number of nitrogens with one attached hydrogen (secondary N) is 1. The largest absolute Gasteiger partial charge is 0.526 e. The van der Waals surface area contributed by atoms with Crippen LogP contribution in [0.15, 0.2) is 12.4 Å². The molecule has 0 amide bonds. The number of carbonyl (C=O) groups excluding carboxylic acids is 1. The van der Waals surface area contributed by atoms with Crippen LogP contribution in [0.5, 0.6) is 0 Å². The summed E-state index contributed by atoms with van der Waals surface area (Å²) in [5, 5.41) is 0. The van der Waals surface area contributed by atoms with E-state index in [0.29, 0.717) is 5.82 Å². The second-order valence-corrected chi connectivity index (χ2v) is 3.33. The average Bonchev–Trinajstić information content (AvgIpc) is 2.34. The number of phosphoric acid groups is 1. The van der Waals surface area contributed by atoms with Gasteiger partial charge in [0.15, 0.2) is 0 Å². The van der Waals surface area contributed by atoms with Gasteiger partial charge in [0, 0.05) is 12.4 Å². The van der Waals surface area contributed by atoms with E-state index in [-0.39, 0.29) is 6.42 Å². The molecule has 0 saturated carbocycles. The first-order valence-corrected chi connectivity index (χ1v) is 4.76. The van der Waals surface area contributed by atoms with Crippen LogP contribution in [0.2, 0.25) is 0 Å². The van der Waals surface area contributed by atoms with E-state index in [1.807, 2.05) is 0 Å². The molecule has 7 nitrogen and oxygen atoms in total. The minimum absolute atomic E-state index is 0.290. The van der Waals surface area contributed by atoms with E-state index in [4.69, 9.17) is 9.79 Å². The molecule has 0 aliphatic carbocycles. The lowest BCUT2D eigenvalue weighted by Crippen LogP contribution is -2.07. The number of imidazole rings is 1. The zero-order chi connectivity index (χ0) is 9.90. The SMILES string of the molecule is O=C(Cc1ncc[nH]1)OP(=O)(O)O. The maximum absolute atomic E-state index is 10.8. The van der Waals surface area contributed by atoms with Gasteiger partial charge in [0.25, 0.3) is 0 Å². The molecule has 1 heterocycles. The smallest absolute Gasteiger partial charge is 0.370 e. The van der Waals surface area contributed by atoms with Gasteiger partial charge >= 0.3 is 13.8 Å². The fourth-order valence-corrected chi connectivity index (χ4v) is 1.03. The van der Waals surface area contributed by atoms with Crippen LogP contribution >= 0.6 is 7.82 Å². The quantitative estimate of drug-likeness (QED) is 0.579. The monoisotopic (exact) mass is 206 g/mol. The van der Waals surface area contributed by atoms with Gasteiger partial charge < -0.3 is 9.51 Å². The Labute approximate surface area is 73.0 Å². The van der Waals surface area contributed by atoms with Crippen molar-refractivity contribution >= 4 is 13.8 Å². The van der Waals surface area contributed by atoms with Crippen LogP contribution in [0.4, 0.5) is 0 Å². The summed E-state index contributed by atoms with van der Waals surface area (Å²) >= 11 is 0. The molecule has 0 atom stereocenters. The van der Waals surface area contributed by atoms with Crippen LogP contribution in [-0.2, 0) is 20.3 Å². The van der Waals surface area contributed by atoms with Gasteiger partial charge in [-0.05, 0) is 0 Å². The summed E-state index contributed by atoms with van der Waals surface area (Å²) in [5.41, 5.74) is 0. The van der Waals surface area contributed by atoms with E-state index in [9.17, 15) is 9.36 Å². The number of aromatic amines is 1. The molecule has 0 unspecified atom stereocenters. The average molecular weight is 206 g/mol. The number of phosphoric ester groups is 1. The summed E-state index contributed by atoms with van der Waals surface area (Å²) in [7, 11) is -4.73. The van der Waals surface area contributed by atoms with Crippen LogP contribution in [0.1, 0.15) is 5.82 Å². The molecule has 0 aliphatic rings. The number of hydrogen-bond donors (Lipinski definition) is 3. The van der Waals surface area contributed by atoms with Crippen LogP contribution in [0.25, 0.3) is 0 Å². The van der Waals surface area contributed by atoms with Crippen molar-refractivity contribution < 1.29 is 23.7 Å². The van der Waals surface area contributed by atoms with E-state index >= 15 is 0 Å². The van der Waals surface area contributed by atoms with Crippen LogP contribution in [-0.4, -0.2) is 25.7 Å². The van der Waals surface area contributed by atoms with Crippen LogP contribution < -0.4 is 0 Å². The second kappa shape index (κ2) is 3.69. The van der Waals surface area contributed by atoms with E-state index in [0.717, 1.165) is 0 Å². The Balaban J connectivity index is 2.48. The third-order valence-corrected chi connectivity index (χ3v) is 1.53. The van der Waals surface area contributed by atoms with Gasteiger partial charge in [-0.15, -0.1) is 0 Å². The number of H-pyrrole nitrogens is 1. The Morgan fingerprint density at radius 2 is 2.38 bits per heavy atom. The summed E-state index contributed by atoms with van der Waals surface area (Å²) in [4.78, 5) is 33.5. The minimum atomic E-state index is -4.73. The molecule has 1 rings (SSSR count). The minimum Gasteiger partial charge on any atom is -0.370 e. The predicted octanol–water partition coefficient (Wildman–Crippen LogP) is -0.412. The Hall–Kier alpha value is -1.17. The lowest BCUT2D eigenvalue weighted by molar-refractivity contribution is -0.135. The molecule has 0 aromatic carbocycles. The van der Waals surface area contributed by atoms with Crippen LogP contribution in [0.3, 0.4) is 0 Å². The lowest BCUT2D eigenvalue weighted by Gasteiger charge is -2.02. The maximum Gasteiger partial charge on any atom is 0.526 e. The standard InChI is InChI=1S/C5H7N2O5P/c8-5(12-13(9,10)11)3-4-6-1-2-7-4/h1-2H,3H2,(H,6,7)(H2,9,10,11). The molecule has 0 fully saturated rings. The van der Waals surface area contributed by atoms with E-state index in [2.05, 4.69) is 14.5 Å². The number of hydrogen-bond acceptors (Lipinski definition) is 4. The first-order chi connectivity index (χ1) is 5.97. The molecule has 13 heavy (non-hydrogen) atoms. The highest BCUT2D eigenvalue weighted by Gasteiger charge is 2.20. The molecule has 0 bridgehead atoms. The van der Waals surface area contributed by atoms with Crippen molar-refractivity contribution in [2.24, 2.45) is 0 Å². The molecule has 72 valence electrons. The van der Waals surface area contributed by atoms with Gasteiger partial charge in [0.1, 0.15) is 12.2 Å². The Kier molecular flexibility index (Phi) is 2.82. The van der Waals surface area contributed by atoms with Crippen molar-refractivity contribution in [1.82, 2.24) is 9.97 Å². The predicted molar refractivity (Wildman–Crippen MR) is 40.4 cm³/mol. The van der Waals surface area contributed by atoms with Gasteiger partial charge in [-0.1, -0.05) is 0 Å². The fraction of sp³-hybridized carbons (Fsp3) is 0.200. The Morgan fingerprint density at radius 1 is 1.69 bits per heavy atom. The van der Waals surface area contributed by atoms with Gasteiger partial charge in [-0.3, -0.25) is 14.6 Å². The molecule has 0 spiro atoms. The number of aromatic nitrogens is 2. The lowest BCUT2D eigenvalue weighted by atomic mass is 10.4.